The first-order chi connectivity index (χ1) is 11.6. The zero-order valence-corrected chi connectivity index (χ0v) is 13.5. The first-order valence-corrected chi connectivity index (χ1v) is 7.57. The highest BCUT2D eigenvalue weighted by Crippen LogP contribution is 2.29. The largest absolute Gasteiger partial charge is 0.493 e. The highest BCUT2D eigenvalue weighted by Gasteiger charge is 2.16. The number of amides is 2. The van der Waals surface area contributed by atoms with E-state index in [1.807, 2.05) is 6.07 Å². The monoisotopic (exact) mass is 326 g/mol. The van der Waals surface area contributed by atoms with Crippen LogP contribution in [-0.2, 0) is 11.2 Å². The lowest BCUT2D eigenvalue weighted by atomic mass is 10.0. The Kier molecular flexibility index (Phi) is 4.37. The Morgan fingerprint density at radius 3 is 2.58 bits per heavy atom. The SMILES string of the molecule is COc1ccc(C(=O)Nc2ccc3c(c2)CCC(=O)N3)cc1OC. The lowest BCUT2D eigenvalue weighted by Crippen LogP contribution is -2.19. The van der Waals surface area contributed by atoms with E-state index >= 15 is 0 Å². The fraction of sp³-hybridized carbons (Fsp3) is 0.222. The summed E-state index contributed by atoms with van der Waals surface area (Å²) in [5.41, 5.74) is 2.97. The van der Waals surface area contributed by atoms with Crippen LogP contribution in [0.15, 0.2) is 36.4 Å². The molecule has 0 aromatic heterocycles. The van der Waals surface area contributed by atoms with Crippen LogP contribution in [0.2, 0.25) is 0 Å². The number of aryl methyl sites for hydroxylation is 1. The Morgan fingerprint density at radius 2 is 1.83 bits per heavy atom. The molecule has 1 heterocycles. The molecule has 2 amide bonds. The molecule has 124 valence electrons. The molecule has 2 N–H and O–H groups in total. The van der Waals surface area contributed by atoms with Crippen LogP contribution in [0.5, 0.6) is 11.5 Å². The van der Waals surface area contributed by atoms with Crippen LogP contribution < -0.4 is 20.1 Å². The fourth-order valence-electron chi connectivity index (χ4n) is 2.64. The van der Waals surface area contributed by atoms with Gasteiger partial charge in [0.1, 0.15) is 0 Å². The zero-order valence-electron chi connectivity index (χ0n) is 13.5. The van der Waals surface area contributed by atoms with E-state index < -0.39 is 0 Å². The molecule has 0 bridgehead atoms. The lowest BCUT2D eigenvalue weighted by Gasteiger charge is -2.18. The molecule has 2 aromatic rings. The van der Waals surface area contributed by atoms with Crippen molar-refractivity contribution >= 4 is 23.2 Å². The van der Waals surface area contributed by atoms with Crippen LogP contribution in [0, 0.1) is 0 Å². The summed E-state index contributed by atoms with van der Waals surface area (Å²) in [6.07, 6.45) is 1.13. The minimum atomic E-state index is -0.240. The van der Waals surface area contributed by atoms with Crippen LogP contribution in [0.4, 0.5) is 11.4 Å². The van der Waals surface area contributed by atoms with E-state index in [0.29, 0.717) is 35.6 Å². The summed E-state index contributed by atoms with van der Waals surface area (Å²) in [6.45, 7) is 0. The second-order valence-corrected chi connectivity index (χ2v) is 5.44. The van der Waals surface area contributed by atoms with Gasteiger partial charge in [-0.05, 0) is 48.4 Å². The maximum absolute atomic E-state index is 12.4. The molecule has 0 saturated heterocycles. The van der Waals surface area contributed by atoms with Crippen LogP contribution in [-0.4, -0.2) is 26.0 Å². The molecule has 3 rings (SSSR count). The maximum atomic E-state index is 12.4. The summed E-state index contributed by atoms with van der Waals surface area (Å²) in [4.78, 5) is 23.8. The minimum absolute atomic E-state index is 0.0182. The van der Waals surface area contributed by atoms with Gasteiger partial charge in [-0.3, -0.25) is 9.59 Å². The van der Waals surface area contributed by atoms with Gasteiger partial charge >= 0.3 is 0 Å². The number of carbonyl (C=O) groups excluding carboxylic acids is 2. The summed E-state index contributed by atoms with van der Waals surface area (Å²) in [5.74, 6) is 0.845. The summed E-state index contributed by atoms with van der Waals surface area (Å²) < 4.78 is 10.4. The highest BCUT2D eigenvalue weighted by molar-refractivity contribution is 6.05. The van der Waals surface area contributed by atoms with Gasteiger partial charge in [0.15, 0.2) is 11.5 Å². The van der Waals surface area contributed by atoms with E-state index in [1.54, 1.807) is 37.4 Å². The molecular weight excluding hydrogens is 308 g/mol. The molecule has 0 unspecified atom stereocenters. The van der Waals surface area contributed by atoms with Crippen molar-refractivity contribution in [1.82, 2.24) is 0 Å². The average Bonchev–Trinajstić information content (AvgIpc) is 2.61. The van der Waals surface area contributed by atoms with Crippen molar-refractivity contribution in [2.75, 3.05) is 24.9 Å². The van der Waals surface area contributed by atoms with E-state index in [2.05, 4.69) is 10.6 Å². The van der Waals surface area contributed by atoms with Gasteiger partial charge in [0.2, 0.25) is 5.91 Å². The van der Waals surface area contributed by atoms with E-state index in [9.17, 15) is 9.59 Å². The Morgan fingerprint density at radius 1 is 1.04 bits per heavy atom. The van der Waals surface area contributed by atoms with Crippen molar-refractivity contribution < 1.29 is 19.1 Å². The second-order valence-electron chi connectivity index (χ2n) is 5.44. The quantitative estimate of drug-likeness (QED) is 0.906. The van der Waals surface area contributed by atoms with E-state index in [1.165, 1.54) is 7.11 Å². The van der Waals surface area contributed by atoms with Gasteiger partial charge in [0, 0.05) is 23.4 Å². The van der Waals surface area contributed by atoms with Crippen molar-refractivity contribution in [2.24, 2.45) is 0 Å². The lowest BCUT2D eigenvalue weighted by molar-refractivity contribution is -0.116. The highest BCUT2D eigenvalue weighted by atomic mass is 16.5. The smallest absolute Gasteiger partial charge is 0.255 e. The predicted molar refractivity (Wildman–Crippen MR) is 90.9 cm³/mol. The number of methoxy groups -OCH3 is 2. The van der Waals surface area contributed by atoms with Crippen molar-refractivity contribution in [3.63, 3.8) is 0 Å². The van der Waals surface area contributed by atoms with Crippen LogP contribution in [0.25, 0.3) is 0 Å². The van der Waals surface area contributed by atoms with Gasteiger partial charge in [0.05, 0.1) is 14.2 Å². The molecule has 6 nitrogen and oxygen atoms in total. The molecule has 24 heavy (non-hydrogen) atoms. The molecule has 6 heteroatoms. The minimum Gasteiger partial charge on any atom is -0.493 e. The number of benzene rings is 2. The molecule has 0 fully saturated rings. The van der Waals surface area contributed by atoms with E-state index in [4.69, 9.17) is 9.47 Å². The maximum Gasteiger partial charge on any atom is 0.255 e. The number of hydrogen-bond acceptors (Lipinski definition) is 4. The molecule has 0 radical (unpaired) electrons. The zero-order chi connectivity index (χ0) is 17.1. The van der Waals surface area contributed by atoms with Crippen LogP contribution >= 0.6 is 0 Å². The van der Waals surface area contributed by atoms with Gasteiger partial charge in [0.25, 0.3) is 5.91 Å². The predicted octanol–water partition coefficient (Wildman–Crippen LogP) is 2.84. The number of rotatable bonds is 4. The standard InChI is InChI=1S/C18H18N2O4/c1-23-15-7-3-12(10-16(15)24-2)18(22)19-13-5-6-14-11(9-13)4-8-17(21)20-14/h3,5-7,9-10H,4,8H2,1-2H3,(H,19,22)(H,20,21). The first-order valence-electron chi connectivity index (χ1n) is 7.57. The fourth-order valence-corrected chi connectivity index (χ4v) is 2.64. The topological polar surface area (TPSA) is 76.7 Å². The number of carbonyl (C=O) groups is 2. The van der Waals surface area contributed by atoms with Crippen molar-refractivity contribution in [3.05, 3.63) is 47.5 Å². The Bertz CT molecular complexity index is 802. The normalized spacial score (nSPS) is 12.8. The summed E-state index contributed by atoms with van der Waals surface area (Å²) >= 11 is 0. The number of ether oxygens (including phenoxy) is 2. The molecular formula is C18H18N2O4. The third-order valence-corrected chi connectivity index (χ3v) is 3.90. The van der Waals surface area contributed by atoms with Gasteiger partial charge in [-0.25, -0.2) is 0 Å². The van der Waals surface area contributed by atoms with Crippen molar-refractivity contribution in [2.45, 2.75) is 12.8 Å². The summed E-state index contributed by atoms with van der Waals surface area (Å²) in [6, 6.07) is 10.4. The van der Waals surface area contributed by atoms with Gasteiger partial charge in [-0.2, -0.15) is 0 Å². The molecule has 1 aliphatic heterocycles. The molecule has 0 aliphatic carbocycles. The molecule has 0 saturated carbocycles. The van der Waals surface area contributed by atoms with Crippen molar-refractivity contribution in [3.8, 4) is 11.5 Å². The number of hydrogen-bond donors (Lipinski definition) is 2. The summed E-state index contributed by atoms with van der Waals surface area (Å²) in [7, 11) is 3.07. The van der Waals surface area contributed by atoms with Gasteiger partial charge < -0.3 is 20.1 Å². The Balaban J connectivity index is 1.79. The van der Waals surface area contributed by atoms with Crippen LogP contribution in [0.3, 0.4) is 0 Å². The van der Waals surface area contributed by atoms with Crippen LogP contribution in [0.1, 0.15) is 22.3 Å². The molecule has 1 aliphatic rings. The third-order valence-electron chi connectivity index (χ3n) is 3.90. The number of fused-ring (bicyclic) bond motifs is 1. The van der Waals surface area contributed by atoms with E-state index in [-0.39, 0.29) is 11.8 Å². The third kappa shape index (κ3) is 3.17. The average molecular weight is 326 g/mol. The van der Waals surface area contributed by atoms with Gasteiger partial charge in [-0.15, -0.1) is 0 Å². The van der Waals surface area contributed by atoms with Crippen molar-refractivity contribution in [1.29, 1.82) is 0 Å². The molecule has 0 atom stereocenters. The molecule has 0 spiro atoms. The molecule has 2 aromatic carbocycles. The summed E-state index contributed by atoms with van der Waals surface area (Å²) in [5, 5.41) is 5.68. The number of nitrogens with one attached hydrogen (secondary N) is 2. The Labute approximate surface area is 139 Å². The first kappa shape index (κ1) is 15.9. The van der Waals surface area contributed by atoms with Gasteiger partial charge in [-0.1, -0.05) is 0 Å². The van der Waals surface area contributed by atoms with E-state index in [0.717, 1.165) is 11.3 Å². The number of anilines is 2. The second kappa shape index (κ2) is 6.62. The Hall–Kier alpha value is -3.02.